The van der Waals surface area contributed by atoms with Gasteiger partial charge in [0.1, 0.15) is 5.82 Å². The standard InChI is InChI=1S/C11H11ClFNO/c12-9-2-1-3-10(13)8(9)6-7-4-5-14-11(7)15/h1-3,7H,4-6H2,(H,14,15). The number of hydrogen-bond donors (Lipinski definition) is 1. The van der Waals surface area contributed by atoms with E-state index in [1.165, 1.54) is 6.07 Å². The first-order valence-electron chi connectivity index (χ1n) is 4.89. The molecule has 15 heavy (non-hydrogen) atoms. The summed E-state index contributed by atoms with van der Waals surface area (Å²) in [6, 6.07) is 4.58. The average Bonchev–Trinajstić information content (AvgIpc) is 2.58. The highest BCUT2D eigenvalue weighted by atomic mass is 35.5. The Morgan fingerprint density at radius 3 is 2.93 bits per heavy atom. The Bertz CT molecular complexity index is 374. The first-order chi connectivity index (χ1) is 7.18. The lowest BCUT2D eigenvalue weighted by Crippen LogP contribution is -2.20. The molecule has 0 aliphatic carbocycles. The van der Waals surface area contributed by atoms with Crippen LogP contribution in [0.25, 0.3) is 0 Å². The molecule has 1 aromatic rings. The van der Waals surface area contributed by atoms with Crippen molar-refractivity contribution < 1.29 is 9.18 Å². The van der Waals surface area contributed by atoms with Gasteiger partial charge in [-0.15, -0.1) is 0 Å². The highest BCUT2D eigenvalue weighted by Crippen LogP contribution is 2.24. The van der Waals surface area contributed by atoms with Gasteiger partial charge < -0.3 is 5.32 Å². The Kier molecular flexibility index (Phi) is 2.91. The lowest BCUT2D eigenvalue weighted by atomic mass is 9.98. The van der Waals surface area contributed by atoms with E-state index in [1.807, 2.05) is 0 Å². The van der Waals surface area contributed by atoms with E-state index in [-0.39, 0.29) is 17.6 Å². The molecule has 0 bridgehead atoms. The molecule has 1 atom stereocenters. The summed E-state index contributed by atoms with van der Waals surface area (Å²) in [7, 11) is 0. The van der Waals surface area contributed by atoms with E-state index in [2.05, 4.69) is 5.32 Å². The molecule has 1 saturated heterocycles. The van der Waals surface area contributed by atoms with Gasteiger partial charge in [0.05, 0.1) is 0 Å². The second kappa shape index (κ2) is 4.19. The first kappa shape index (κ1) is 10.4. The van der Waals surface area contributed by atoms with Gasteiger partial charge in [-0.05, 0) is 25.0 Å². The van der Waals surface area contributed by atoms with Crippen molar-refractivity contribution in [2.24, 2.45) is 5.92 Å². The van der Waals surface area contributed by atoms with Gasteiger partial charge in [0.25, 0.3) is 0 Å². The summed E-state index contributed by atoms with van der Waals surface area (Å²) >= 11 is 5.88. The summed E-state index contributed by atoms with van der Waals surface area (Å²) in [4.78, 5) is 11.3. The number of rotatable bonds is 2. The van der Waals surface area contributed by atoms with Crippen LogP contribution in [0.4, 0.5) is 4.39 Å². The number of halogens is 2. The van der Waals surface area contributed by atoms with Crippen molar-refractivity contribution in [2.75, 3.05) is 6.54 Å². The van der Waals surface area contributed by atoms with Crippen LogP contribution in [0.1, 0.15) is 12.0 Å². The summed E-state index contributed by atoms with van der Waals surface area (Å²) < 4.78 is 13.4. The fourth-order valence-electron chi connectivity index (χ4n) is 1.81. The summed E-state index contributed by atoms with van der Waals surface area (Å²) in [5.74, 6) is -0.476. The van der Waals surface area contributed by atoms with Gasteiger partial charge in [0.2, 0.25) is 5.91 Å². The highest BCUT2D eigenvalue weighted by Gasteiger charge is 2.25. The third kappa shape index (κ3) is 2.12. The maximum absolute atomic E-state index is 13.4. The molecule has 4 heteroatoms. The lowest BCUT2D eigenvalue weighted by molar-refractivity contribution is -0.122. The van der Waals surface area contributed by atoms with E-state index in [4.69, 9.17) is 11.6 Å². The molecule has 1 amide bonds. The van der Waals surface area contributed by atoms with Gasteiger partial charge in [-0.2, -0.15) is 0 Å². The summed E-state index contributed by atoms with van der Waals surface area (Å²) in [6.07, 6.45) is 1.14. The monoisotopic (exact) mass is 227 g/mol. The maximum atomic E-state index is 13.4. The van der Waals surface area contributed by atoms with E-state index in [1.54, 1.807) is 12.1 Å². The molecule has 1 N–H and O–H groups in total. The van der Waals surface area contributed by atoms with Crippen LogP contribution in [-0.2, 0) is 11.2 Å². The molecule has 1 aliphatic heterocycles. The first-order valence-corrected chi connectivity index (χ1v) is 5.27. The van der Waals surface area contributed by atoms with E-state index < -0.39 is 0 Å². The van der Waals surface area contributed by atoms with Crippen molar-refractivity contribution in [3.05, 3.63) is 34.6 Å². The molecule has 2 rings (SSSR count). The molecule has 1 fully saturated rings. The number of nitrogens with one attached hydrogen (secondary N) is 1. The molecule has 0 aromatic heterocycles. The molecule has 1 heterocycles. The van der Waals surface area contributed by atoms with Gasteiger partial charge >= 0.3 is 0 Å². The van der Waals surface area contributed by atoms with Gasteiger partial charge in [-0.25, -0.2) is 4.39 Å². The zero-order valence-corrected chi connectivity index (χ0v) is 8.85. The third-order valence-corrected chi connectivity index (χ3v) is 3.03. The molecular formula is C11H11ClFNO. The second-order valence-electron chi connectivity index (χ2n) is 3.68. The van der Waals surface area contributed by atoms with Gasteiger partial charge in [0.15, 0.2) is 0 Å². The predicted octanol–water partition coefficient (Wildman–Crippen LogP) is 2.16. The van der Waals surface area contributed by atoms with Crippen LogP contribution in [0, 0.1) is 11.7 Å². The zero-order chi connectivity index (χ0) is 10.8. The van der Waals surface area contributed by atoms with E-state index in [9.17, 15) is 9.18 Å². The molecule has 1 aliphatic rings. The molecule has 80 valence electrons. The second-order valence-corrected chi connectivity index (χ2v) is 4.09. The van der Waals surface area contributed by atoms with E-state index in [0.29, 0.717) is 23.6 Å². The van der Waals surface area contributed by atoms with Crippen molar-refractivity contribution in [1.29, 1.82) is 0 Å². The van der Waals surface area contributed by atoms with Crippen LogP contribution >= 0.6 is 11.6 Å². The quantitative estimate of drug-likeness (QED) is 0.824. The number of carbonyl (C=O) groups excluding carboxylic acids is 1. The third-order valence-electron chi connectivity index (χ3n) is 2.68. The van der Waals surface area contributed by atoms with Crippen LogP contribution in [0.5, 0.6) is 0 Å². The van der Waals surface area contributed by atoms with Gasteiger partial charge in [0, 0.05) is 23.0 Å². The molecule has 1 aromatic carbocycles. The Morgan fingerprint density at radius 1 is 1.53 bits per heavy atom. The maximum Gasteiger partial charge on any atom is 0.223 e. The predicted molar refractivity (Wildman–Crippen MR) is 56.2 cm³/mol. The van der Waals surface area contributed by atoms with Gasteiger partial charge in [-0.1, -0.05) is 17.7 Å². The number of amides is 1. The molecule has 0 spiro atoms. The number of carbonyl (C=O) groups is 1. The molecule has 0 radical (unpaired) electrons. The van der Waals surface area contributed by atoms with Crippen molar-refractivity contribution in [1.82, 2.24) is 5.32 Å². The Balaban J connectivity index is 2.20. The minimum atomic E-state index is -0.331. The van der Waals surface area contributed by atoms with Crippen LogP contribution < -0.4 is 5.32 Å². The SMILES string of the molecule is O=C1NCCC1Cc1c(F)cccc1Cl. The fourth-order valence-corrected chi connectivity index (χ4v) is 2.05. The number of benzene rings is 1. The highest BCUT2D eigenvalue weighted by molar-refractivity contribution is 6.31. The van der Waals surface area contributed by atoms with Gasteiger partial charge in [-0.3, -0.25) is 4.79 Å². The van der Waals surface area contributed by atoms with Crippen LogP contribution in [0.2, 0.25) is 5.02 Å². The van der Waals surface area contributed by atoms with E-state index >= 15 is 0 Å². The number of hydrogen-bond acceptors (Lipinski definition) is 1. The topological polar surface area (TPSA) is 29.1 Å². The zero-order valence-electron chi connectivity index (χ0n) is 8.09. The van der Waals surface area contributed by atoms with Crippen molar-refractivity contribution in [3.63, 3.8) is 0 Å². The summed E-state index contributed by atoms with van der Waals surface area (Å²) in [5.41, 5.74) is 0.446. The molecule has 0 saturated carbocycles. The minimum Gasteiger partial charge on any atom is -0.356 e. The van der Waals surface area contributed by atoms with Crippen LogP contribution in [0.15, 0.2) is 18.2 Å². The molecule has 2 nitrogen and oxygen atoms in total. The minimum absolute atomic E-state index is 0.00526. The van der Waals surface area contributed by atoms with Crippen molar-refractivity contribution in [2.45, 2.75) is 12.8 Å². The summed E-state index contributed by atoms with van der Waals surface area (Å²) in [6.45, 7) is 0.676. The Morgan fingerprint density at radius 2 is 2.33 bits per heavy atom. The lowest BCUT2D eigenvalue weighted by Gasteiger charge is -2.09. The van der Waals surface area contributed by atoms with Crippen LogP contribution in [0.3, 0.4) is 0 Å². The summed E-state index contributed by atoms with van der Waals surface area (Å²) in [5, 5.41) is 3.12. The van der Waals surface area contributed by atoms with E-state index in [0.717, 1.165) is 6.42 Å². The van der Waals surface area contributed by atoms with Crippen LogP contribution in [-0.4, -0.2) is 12.5 Å². The molecule has 1 unspecified atom stereocenters. The smallest absolute Gasteiger partial charge is 0.223 e. The molecular weight excluding hydrogens is 217 g/mol. The Hall–Kier alpha value is -1.09. The average molecular weight is 228 g/mol. The van der Waals surface area contributed by atoms with Crippen molar-refractivity contribution >= 4 is 17.5 Å². The van der Waals surface area contributed by atoms with Crippen molar-refractivity contribution in [3.8, 4) is 0 Å². The normalized spacial score (nSPS) is 20.4. The fraction of sp³-hybridized carbons (Fsp3) is 0.364. The largest absolute Gasteiger partial charge is 0.356 e. The Labute approximate surface area is 92.4 Å².